The summed E-state index contributed by atoms with van der Waals surface area (Å²) in [4.78, 5) is 27.9. The quantitative estimate of drug-likeness (QED) is 0.712. The molecule has 1 unspecified atom stereocenters. The smallest absolute Gasteiger partial charge is 0.286 e. The van der Waals surface area contributed by atoms with Gasteiger partial charge in [0.05, 0.1) is 24.0 Å². The molecule has 4 rings (SSSR count). The number of hydrogen-bond acceptors (Lipinski definition) is 8. The highest BCUT2D eigenvalue weighted by Crippen LogP contribution is 2.33. The van der Waals surface area contributed by atoms with Crippen molar-refractivity contribution in [3.8, 4) is 0 Å². The molecule has 29 heavy (non-hydrogen) atoms. The Balaban J connectivity index is 1.71. The first kappa shape index (κ1) is 19.6. The number of likely N-dealkylation sites (tertiary alicyclic amines) is 1. The zero-order chi connectivity index (χ0) is 20.8. The summed E-state index contributed by atoms with van der Waals surface area (Å²) in [6.45, 7) is 4.07. The molecule has 1 aromatic heterocycles. The molecule has 2 aliphatic rings. The van der Waals surface area contributed by atoms with Crippen LogP contribution in [0, 0.1) is 11.8 Å². The van der Waals surface area contributed by atoms with Crippen molar-refractivity contribution in [2.75, 3.05) is 5.32 Å². The minimum atomic E-state index is -4.00. The molecule has 0 bridgehead atoms. The average molecular weight is 434 g/mol. The number of sulfonamides is 1. The van der Waals surface area contributed by atoms with Crippen LogP contribution in [-0.2, 0) is 26.2 Å². The number of carbonyl (C=O) groups is 2. The molecule has 2 aromatic rings. The Hall–Kier alpha value is -2.66. The lowest BCUT2D eigenvalue weighted by Gasteiger charge is -2.23. The van der Waals surface area contributed by atoms with Gasteiger partial charge in [-0.3, -0.25) is 9.59 Å². The maximum Gasteiger partial charge on any atom is 0.286 e. The van der Waals surface area contributed by atoms with E-state index in [1.807, 2.05) is 13.8 Å². The highest BCUT2D eigenvalue weighted by molar-refractivity contribution is 7.90. The number of nitrogens with zero attached hydrogens (tertiary/aromatic N) is 4. The van der Waals surface area contributed by atoms with Crippen LogP contribution in [0.3, 0.4) is 0 Å². The van der Waals surface area contributed by atoms with Gasteiger partial charge in [-0.1, -0.05) is 30.5 Å². The number of anilines is 1. The molecule has 1 fully saturated rings. The molecule has 2 atom stereocenters. The number of para-hydroxylation sites is 1. The molecular formula is C18H19N5O4S2. The number of amidine groups is 1. The summed E-state index contributed by atoms with van der Waals surface area (Å²) in [7, 11) is -4.00. The van der Waals surface area contributed by atoms with Gasteiger partial charge in [0.25, 0.3) is 10.0 Å². The number of hydrogen-bond donors (Lipinski definition) is 1. The zero-order valence-corrected chi connectivity index (χ0v) is 17.4. The zero-order valence-electron chi connectivity index (χ0n) is 15.8. The van der Waals surface area contributed by atoms with Gasteiger partial charge in [0.1, 0.15) is 10.7 Å². The minimum Gasteiger partial charge on any atom is -0.341 e. The number of rotatable bonds is 5. The Morgan fingerprint density at radius 1 is 1.24 bits per heavy atom. The van der Waals surface area contributed by atoms with Crippen molar-refractivity contribution in [1.29, 1.82) is 0 Å². The fourth-order valence-electron chi connectivity index (χ4n) is 3.60. The number of fused-ring (bicyclic) bond motifs is 1. The molecule has 9 nitrogen and oxygen atoms in total. The van der Waals surface area contributed by atoms with Crippen molar-refractivity contribution in [1.82, 2.24) is 14.5 Å². The van der Waals surface area contributed by atoms with E-state index >= 15 is 0 Å². The number of carbonyl (C=O) groups excluding carboxylic acids is 2. The predicted molar refractivity (Wildman–Crippen MR) is 107 cm³/mol. The third kappa shape index (κ3) is 3.55. The van der Waals surface area contributed by atoms with Crippen molar-refractivity contribution in [3.63, 3.8) is 0 Å². The van der Waals surface area contributed by atoms with Crippen LogP contribution in [0.25, 0.3) is 0 Å². The monoisotopic (exact) mass is 433 g/mol. The van der Waals surface area contributed by atoms with E-state index in [0.717, 1.165) is 11.5 Å². The van der Waals surface area contributed by atoms with E-state index in [4.69, 9.17) is 0 Å². The third-order valence-electron chi connectivity index (χ3n) is 4.87. The van der Waals surface area contributed by atoms with Crippen molar-refractivity contribution in [2.45, 2.75) is 37.8 Å². The van der Waals surface area contributed by atoms with Crippen LogP contribution >= 0.6 is 11.5 Å². The Kier molecular flexibility index (Phi) is 4.95. The van der Waals surface area contributed by atoms with Crippen LogP contribution in [0.5, 0.6) is 0 Å². The van der Waals surface area contributed by atoms with Gasteiger partial charge in [0.2, 0.25) is 5.91 Å². The van der Waals surface area contributed by atoms with Crippen molar-refractivity contribution in [3.05, 3.63) is 35.3 Å². The van der Waals surface area contributed by atoms with Crippen molar-refractivity contribution >= 4 is 44.8 Å². The lowest BCUT2D eigenvalue weighted by molar-refractivity contribution is -0.131. The summed E-state index contributed by atoms with van der Waals surface area (Å²) in [5.74, 6) is -2.10. The fraction of sp³-hybridized carbons (Fsp3) is 0.389. The fourth-order valence-corrected chi connectivity index (χ4v) is 5.20. The maximum absolute atomic E-state index is 13.2. The number of aromatic nitrogens is 2. The Bertz CT molecular complexity index is 1100. The van der Waals surface area contributed by atoms with E-state index in [1.165, 1.54) is 11.0 Å². The second-order valence-corrected chi connectivity index (χ2v) is 9.60. The number of benzene rings is 1. The second kappa shape index (κ2) is 7.30. The van der Waals surface area contributed by atoms with Gasteiger partial charge in [-0.25, -0.2) is 0 Å². The molecule has 152 valence electrons. The van der Waals surface area contributed by atoms with E-state index in [2.05, 4.69) is 19.3 Å². The minimum absolute atomic E-state index is 0.0192. The highest BCUT2D eigenvalue weighted by Gasteiger charge is 2.51. The lowest BCUT2D eigenvalue weighted by Crippen LogP contribution is -2.37. The van der Waals surface area contributed by atoms with Crippen LogP contribution in [0.2, 0.25) is 0 Å². The molecule has 2 aliphatic heterocycles. The molecule has 1 N–H and O–H groups in total. The summed E-state index contributed by atoms with van der Waals surface area (Å²) in [6, 6.07) is 5.60. The Labute approximate surface area is 172 Å². The van der Waals surface area contributed by atoms with Gasteiger partial charge in [-0.05, 0) is 36.0 Å². The lowest BCUT2D eigenvalue weighted by atomic mass is 9.95. The SMILES string of the molecule is CC(C)C[C@H]1C(=O)C(C2=NS(=O)(=O)c3ccccc3N2)C(=O)N1Cc1csnn1. The molecule has 3 heterocycles. The van der Waals surface area contributed by atoms with E-state index in [0.29, 0.717) is 17.8 Å². The number of Topliss-reactive ketones (excluding diaryl/α,β-unsaturated/α-hetero) is 1. The van der Waals surface area contributed by atoms with Gasteiger partial charge < -0.3 is 10.2 Å². The van der Waals surface area contributed by atoms with Gasteiger partial charge in [0.15, 0.2) is 11.7 Å². The first-order valence-electron chi connectivity index (χ1n) is 9.09. The molecule has 0 spiro atoms. The van der Waals surface area contributed by atoms with Crippen molar-refractivity contribution < 1.29 is 18.0 Å². The van der Waals surface area contributed by atoms with Crippen LogP contribution < -0.4 is 5.32 Å². The largest absolute Gasteiger partial charge is 0.341 e. The molecule has 0 saturated carbocycles. The number of ketones is 1. The summed E-state index contributed by atoms with van der Waals surface area (Å²) >= 11 is 1.16. The van der Waals surface area contributed by atoms with Gasteiger partial charge in [0, 0.05) is 5.38 Å². The average Bonchev–Trinajstić information content (AvgIpc) is 3.24. The molecule has 1 aromatic carbocycles. The maximum atomic E-state index is 13.2. The van der Waals surface area contributed by atoms with Gasteiger partial charge >= 0.3 is 0 Å². The molecule has 0 radical (unpaired) electrons. The second-order valence-electron chi connectivity index (χ2n) is 7.42. The molecular weight excluding hydrogens is 414 g/mol. The summed E-state index contributed by atoms with van der Waals surface area (Å²) in [6.07, 6.45) is 0.468. The first-order chi connectivity index (χ1) is 13.8. The van der Waals surface area contributed by atoms with E-state index in [-0.39, 0.29) is 29.0 Å². The van der Waals surface area contributed by atoms with Gasteiger partial charge in [-0.15, -0.1) is 9.50 Å². The normalized spacial score (nSPS) is 23.1. The summed E-state index contributed by atoms with van der Waals surface area (Å²) < 4.78 is 32.7. The van der Waals surface area contributed by atoms with Crippen LogP contribution in [-0.4, -0.2) is 46.5 Å². The predicted octanol–water partition coefficient (Wildman–Crippen LogP) is 1.69. The van der Waals surface area contributed by atoms with E-state index in [9.17, 15) is 18.0 Å². The van der Waals surface area contributed by atoms with E-state index < -0.39 is 27.9 Å². The number of amides is 1. The standard InChI is InChI=1S/C18H19N5O4S2/c1-10(2)7-13-16(24)15(18(25)23(13)8-11-9-28-22-20-11)17-19-12-5-3-4-6-14(12)29(26,27)21-17/h3-6,9-10,13,15H,7-8H2,1-2H3,(H,19,21)/t13-,15?/m0/s1. The molecule has 11 heteroatoms. The molecule has 1 amide bonds. The van der Waals surface area contributed by atoms with Gasteiger partial charge in [-0.2, -0.15) is 8.42 Å². The molecule has 1 saturated heterocycles. The van der Waals surface area contributed by atoms with Crippen LogP contribution in [0.4, 0.5) is 5.69 Å². The van der Waals surface area contributed by atoms with E-state index in [1.54, 1.807) is 23.6 Å². The Morgan fingerprint density at radius 3 is 2.69 bits per heavy atom. The molecule has 0 aliphatic carbocycles. The Morgan fingerprint density at radius 2 is 2.00 bits per heavy atom. The highest BCUT2D eigenvalue weighted by atomic mass is 32.2. The number of nitrogens with one attached hydrogen (secondary N) is 1. The van der Waals surface area contributed by atoms with Crippen LogP contribution in [0.1, 0.15) is 26.0 Å². The topological polar surface area (TPSA) is 122 Å². The summed E-state index contributed by atoms with van der Waals surface area (Å²) in [5, 5.41) is 8.57. The first-order valence-corrected chi connectivity index (χ1v) is 11.4. The van der Waals surface area contributed by atoms with Crippen LogP contribution in [0.15, 0.2) is 38.9 Å². The third-order valence-corrected chi connectivity index (χ3v) is 6.77. The summed E-state index contributed by atoms with van der Waals surface area (Å²) in [5.41, 5.74) is 0.891. The van der Waals surface area contributed by atoms with Crippen molar-refractivity contribution in [2.24, 2.45) is 16.2 Å².